The predicted octanol–water partition coefficient (Wildman–Crippen LogP) is 1.92. The number of carbonyl (C=O) groups is 2. The number of aryl methyl sites for hydroxylation is 1. The van der Waals surface area contributed by atoms with Crippen molar-refractivity contribution in [3.63, 3.8) is 0 Å². The van der Waals surface area contributed by atoms with E-state index in [2.05, 4.69) is 10.3 Å². The summed E-state index contributed by atoms with van der Waals surface area (Å²) in [5.74, 6) is -0.232. The van der Waals surface area contributed by atoms with E-state index in [4.69, 9.17) is 0 Å². The second-order valence-electron chi connectivity index (χ2n) is 6.62. The Kier molecular flexibility index (Phi) is 5.70. The van der Waals surface area contributed by atoms with E-state index in [9.17, 15) is 14.4 Å². The Hall–Kier alpha value is -2.22. The number of hydrogen-bond donors (Lipinski definition) is 1. The zero-order chi connectivity index (χ0) is 18.7. The summed E-state index contributed by atoms with van der Waals surface area (Å²) in [7, 11) is 0. The second-order valence-corrected chi connectivity index (χ2v) is 7.62. The fourth-order valence-electron chi connectivity index (χ4n) is 3.19. The predicted molar refractivity (Wildman–Crippen MR) is 102 cm³/mol. The maximum absolute atomic E-state index is 12.8. The lowest BCUT2D eigenvalue weighted by molar-refractivity contribution is -0.121. The van der Waals surface area contributed by atoms with Gasteiger partial charge in [0.05, 0.1) is 16.6 Å². The van der Waals surface area contributed by atoms with Crippen molar-refractivity contribution in [3.8, 4) is 0 Å². The van der Waals surface area contributed by atoms with Gasteiger partial charge in [-0.1, -0.05) is 6.92 Å². The van der Waals surface area contributed by atoms with Crippen LogP contribution in [-0.2, 0) is 11.3 Å². The first-order chi connectivity index (χ1) is 12.5. The van der Waals surface area contributed by atoms with Gasteiger partial charge in [-0.05, 0) is 38.2 Å². The minimum Gasteiger partial charge on any atom is -0.355 e. The van der Waals surface area contributed by atoms with Crippen molar-refractivity contribution in [1.82, 2.24) is 19.8 Å². The Balaban J connectivity index is 1.91. The minimum absolute atomic E-state index is 0.0168. The number of rotatable bonds is 5. The summed E-state index contributed by atoms with van der Waals surface area (Å²) in [6.07, 6.45) is 5.42. The standard InChI is InChI=1S/C18H24N4O3S/c1-3-7-19-13(23)10-22-11-20-16-14(17(22)24)12(2)15(26-16)18(25)21-8-5-4-6-9-21/h11H,3-10H2,1-2H3,(H,19,23). The summed E-state index contributed by atoms with van der Waals surface area (Å²) < 4.78 is 1.31. The van der Waals surface area contributed by atoms with Crippen molar-refractivity contribution < 1.29 is 9.59 Å². The Morgan fingerprint density at radius 3 is 2.69 bits per heavy atom. The topological polar surface area (TPSA) is 84.3 Å². The molecule has 0 unspecified atom stereocenters. The molecule has 1 aliphatic rings. The Bertz CT molecular complexity index is 880. The lowest BCUT2D eigenvalue weighted by atomic mass is 10.1. The molecule has 0 bridgehead atoms. The van der Waals surface area contributed by atoms with Gasteiger partial charge in [0.15, 0.2) is 0 Å². The van der Waals surface area contributed by atoms with Crippen LogP contribution in [-0.4, -0.2) is 45.9 Å². The summed E-state index contributed by atoms with van der Waals surface area (Å²) in [6, 6.07) is 0. The average Bonchev–Trinajstić information content (AvgIpc) is 2.99. The highest BCUT2D eigenvalue weighted by molar-refractivity contribution is 7.20. The van der Waals surface area contributed by atoms with Crippen LogP contribution in [0.5, 0.6) is 0 Å². The molecule has 7 nitrogen and oxygen atoms in total. The van der Waals surface area contributed by atoms with E-state index in [1.165, 1.54) is 22.2 Å². The molecule has 1 fully saturated rings. The highest BCUT2D eigenvalue weighted by atomic mass is 32.1. The molecule has 26 heavy (non-hydrogen) atoms. The summed E-state index contributed by atoms with van der Waals surface area (Å²) in [5, 5.41) is 3.20. The summed E-state index contributed by atoms with van der Waals surface area (Å²) in [4.78, 5) is 44.8. The van der Waals surface area contributed by atoms with Crippen molar-refractivity contribution in [2.24, 2.45) is 0 Å². The molecule has 1 aliphatic heterocycles. The molecule has 0 atom stereocenters. The number of piperidine rings is 1. The number of nitrogens with zero attached hydrogens (tertiary/aromatic N) is 3. The third-order valence-electron chi connectivity index (χ3n) is 4.64. The van der Waals surface area contributed by atoms with Crippen LogP contribution < -0.4 is 10.9 Å². The first-order valence-electron chi connectivity index (χ1n) is 9.07. The van der Waals surface area contributed by atoms with E-state index in [0.29, 0.717) is 27.2 Å². The molecule has 0 spiro atoms. The van der Waals surface area contributed by atoms with Crippen molar-refractivity contribution in [3.05, 3.63) is 27.1 Å². The van der Waals surface area contributed by atoms with Crippen molar-refractivity contribution >= 4 is 33.4 Å². The lowest BCUT2D eigenvalue weighted by Gasteiger charge is -2.26. The van der Waals surface area contributed by atoms with E-state index in [-0.39, 0.29) is 23.9 Å². The Labute approximate surface area is 156 Å². The van der Waals surface area contributed by atoms with Crippen LogP contribution in [0.1, 0.15) is 47.8 Å². The van der Waals surface area contributed by atoms with Gasteiger partial charge in [-0.3, -0.25) is 19.0 Å². The average molecular weight is 376 g/mol. The highest BCUT2D eigenvalue weighted by Crippen LogP contribution is 2.28. The van der Waals surface area contributed by atoms with Gasteiger partial charge in [-0.2, -0.15) is 0 Å². The number of amides is 2. The van der Waals surface area contributed by atoms with E-state index < -0.39 is 0 Å². The van der Waals surface area contributed by atoms with Crippen LogP contribution >= 0.6 is 11.3 Å². The van der Waals surface area contributed by atoms with Crippen LogP contribution in [0.15, 0.2) is 11.1 Å². The van der Waals surface area contributed by atoms with Gasteiger partial charge in [0.2, 0.25) is 5.91 Å². The molecule has 3 heterocycles. The zero-order valence-electron chi connectivity index (χ0n) is 15.2. The summed E-state index contributed by atoms with van der Waals surface area (Å²) >= 11 is 1.27. The van der Waals surface area contributed by atoms with E-state index in [0.717, 1.165) is 38.8 Å². The number of aromatic nitrogens is 2. The fraction of sp³-hybridized carbons (Fsp3) is 0.556. The van der Waals surface area contributed by atoms with E-state index in [1.54, 1.807) is 6.92 Å². The van der Waals surface area contributed by atoms with Gasteiger partial charge in [0.25, 0.3) is 11.5 Å². The number of nitrogens with one attached hydrogen (secondary N) is 1. The maximum atomic E-state index is 12.8. The molecule has 0 radical (unpaired) electrons. The molecule has 2 amide bonds. The van der Waals surface area contributed by atoms with E-state index >= 15 is 0 Å². The molecule has 0 aliphatic carbocycles. The fourth-order valence-corrected chi connectivity index (χ4v) is 4.30. The van der Waals surface area contributed by atoms with Gasteiger partial charge in [0, 0.05) is 19.6 Å². The Morgan fingerprint density at radius 2 is 2.00 bits per heavy atom. The monoisotopic (exact) mass is 376 g/mol. The SMILES string of the molecule is CCCNC(=O)Cn1cnc2sc(C(=O)N3CCCCC3)c(C)c2c1=O. The number of carbonyl (C=O) groups excluding carboxylic acids is 2. The smallest absolute Gasteiger partial charge is 0.264 e. The largest absolute Gasteiger partial charge is 0.355 e. The molecule has 1 saturated heterocycles. The summed E-state index contributed by atoms with van der Waals surface area (Å²) in [5.41, 5.74) is 0.398. The van der Waals surface area contributed by atoms with Crippen molar-refractivity contribution in [2.75, 3.05) is 19.6 Å². The molecule has 2 aromatic rings. The van der Waals surface area contributed by atoms with Crippen LogP contribution in [0.3, 0.4) is 0 Å². The zero-order valence-corrected chi connectivity index (χ0v) is 16.0. The first kappa shape index (κ1) is 18.6. The number of hydrogen-bond acceptors (Lipinski definition) is 5. The normalized spacial score (nSPS) is 14.6. The van der Waals surface area contributed by atoms with Crippen LogP contribution in [0, 0.1) is 6.92 Å². The van der Waals surface area contributed by atoms with Gasteiger partial charge >= 0.3 is 0 Å². The molecule has 0 saturated carbocycles. The molecule has 140 valence electrons. The Morgan fingerprint density at radius 1 is 1.27 bits per heavy atom. The maximum Gasteiger partial charge on any atom is 0.264 e. The van der Waals surface area contributed by atoms with Crippen LogP contribution in [0.25, 0.3) is 10.2 Å². The number of likely N-dealkylation sites (tertiary alicyclic amines) is 1. The molecule has 3 rings (SSSR count). The first-order valence-corrected chi connectivity index (χ1v) is 9.89. The highest BCUT2D eigenvalue weighted by Gasteiger charge is 2.24. The third-order valence-corrected chi connectivity index (χ3v) is 5.83. The van der Waals surface area contributed by atoms with Gasteiger partial charge < -0.3 is 10.2 Å². The number of thiophene rings is 1. The summed E-state index contributed by atoms with van der Waals surface area (Å²) in [6.45, 7) is 5.81. The van der Waals surface area contributed by atoms with Gasteiger partial charge in [-0.25, -0.2) is 4.98 Å². The van der Waals surface area contributed by atoms with Crippen LogP contribution in [0.4, 0.5) is 0 Å². The van der Waals surface area contributed by atoms with Crippen molar-refractivity contribution in [1.29, 1.82) is 0 Å². The van der Waals surface area contributed by atoms with Crippen molar-refractivity contribution in [2.45, 2.75) is 46.1 Å². The van der Waals surface area contributed by atoms with E-state index in [1.807, 2.05) is 11.8 Å². The molecular weight excluding hydrogens is 352 g/mol. The molecular formula is C18H24N4O3S. The lowest BCUT2D eigenvalue weighted by Crippen LogP contribution is -2.35. The quantitative estimate of drug-likeness (QED) is 0.864. The molecule has 1 N–H and O–H groups in total. The van der Waals surface area contributed by atoms with Gasteiger partial charge in [0.1, 0.15) is 11.4 Å². The minimum atomic E-state index is -0.270. The molecule has 0 aromatic carbocycles. The number of fused-ring (bicyclic) bond motifs is 1. The molecule has 8 heteroatoms. The molecule has 2 aromatic heterocycles. The van der Waals surface area contributed by atoms with Crippen LogP contribution in [0.2, 0.25) is 0 Å². The third kappa shape index (κ3) is 3.65. The second kappa shape index (κ2) is 7.99. The van der Waals surface area contributed by atoms with Gasteiger partial charge in [-0.15, -0.1) is 11.3 Å².